The van der Waals surface area contributed by atoms with Gasteiger partial charge in [0.1, 0.15) is 24.7 Å². The summed E-state index contributed by atoms with van der Waals surface area (Å²) >= 11 is 0. The highest BCUT2D eigenvalue weighted by Crippen LogP contribution is 2.29. The normalized spacial score (nSPS) is 18.0. The molecule has 1 aromatic carbocycles. The zero-order valence-corrected chi connectivity index (χ0v) is 32.4. The van der Waals surface area contributed by atoms with Gasteiger partial charge in [0, 0.05) is 19.0 Å². The van der Waals surface area contributed by atoms with E-state index in [1.807, 2.05) is 44.2 Å². The maximum absolute atomic E-state index is 14.2. The van der Waals surface area contributed by atoms with Crippen molar-refractivity contribution in [3.05, 3.63) is 48.0 Å². The van der Waals surface area contributed by atoms with E-state index in [0.717, 1.165) is 50.5 Å². The molecule has 2 aliphatic rings. The van der Waals surface area contributed by atoms with Gasteiger partial charge in [-0.05, 0) is 75.2 Å². The lowest BCUT2D eigenvalue weighted by Crippen LogP contribution is -2.59. The molecule has 1 saturated carbocycles. The number of Topliss-reactive ketones (excluding diaryl/α,β-unsaturated/α-hetero) is 1. The Hall–Kier alpha value is -4.22. The zero-order valence-electron chi connectivity index (χ0n) is 32.4. The molecule has 0 aromatic heterocycles. The fourth-order valence-electron chi connectivity index (χ4n) is 7.08. The summed E-state index contributed by atoms with van der Waals surface area (Å²) in [6, 6.07) is 5.71. The maximum atomic E-state index is 14.2. The molecular weight excluding hydrogens is 676 g/mol. The zero-order chi connectivity index (χ0) is 38.8. The molecule has 1 aliphatic heterocycles. The molecule has 0 bridgehead atoms. The van der Waals surface area contributed by atoms with Gasteiger partial charge < -0.3 is 30.3 Å². The van der Waals surface area contributed by atoms with Crippen LogP contribution < -0.4 is 16.0 Å². The third kappa shape index (κ3) is 14.6. The van der Waals surface area contributed by atoms with Crippen molar-refractivity contribution < 1.29 is 38.2 Å². The third-order valence-corrected chi connectivity index (χ3v) is 10.0. The van der Waals surface area contributed by atoms with Crippen LogP contribution in [0.4, 0.5) is 4.79 Å². The molecule has 4 amide bonds. The SMILES string of the molecule is CCOC(=O)/C=C/CC[C@H](NC(=O)OCc1ccccc1)C(=O)N[C@H](C(=O)N1CCC[C@H]1C(=O)N[C@H](C(=O)CCCC(C)C)C1CCCCC1)C(C)C. The highest BCUT2D eigenvalue weighted by Gasteiger charge is 2.41. The number of ketones is 1. The highest BCUT2D eigenvalue weighted by molar-refractivity contribution is 5.96. The average molecular weight is 739 g/mol. The molecule has 1 aromatic rings. The molecule has 294 valence electrons. The van der Waals surface area contributed by atoms with Gasteiger partial charge in [-0.3, -0.25) is 19.2 Å². The number of ether oxygens (including phenoxy) is 2. The van der Waals surface area contributed by atoms with Gasteiger partial charge in [-0.25, -0.2) is 9.59 Å². The number of benzene rings is 1. The quantitative estimate of drug-likeness (QED) is 0.112. The summed E-state index contributed by atoms with van der Waals surface area (Å²) < 4.78 is 10.3. The summed E-state index contributed by atoms with van der Waals surface area (Å²) in [5.74, 6) is -1.53. The third-order valence-electron chi connectivity index (χ3n) is 10.0. The number of hydrogen-bond acceptors (Lipinski definition) is 8. The number of likely N-dealkylation sites (tertiary alicyclic amines) is 1. The van der Waals surface area contributed by atoms with Crippen molar-refractivity contribution in [3.8, 4) is 0 Å². The number of carbonyl (C=O) groups is 6. The van der Waals surface area contributed by atoms with Crippen molar-refractivity contribution in [1.82, 2.24) is 20.9 Å². The van der Waals surface area contributed by atoms with Gasteiger partial charge in [-0.2, -0.15) is 0 Å². The number of amides is 4. The van der Waals surface area contributed by atoms with Crippen LogP contribution in [0.3, 0.4) is 0 Å². The summed E-state index contributed by atoms with van der Waals surface area (Å²) in [6.45, 7) is 10.2. The first kappa shape index (κ1) is 43.2. The van der Waals surface area contributed by atoms with E-state index in [1.165, 1.54) is 11.0 Å². The average Bonchev–Trinajstić information content (AvgIpc) is 3.64. The van der Waals surface area contributed by atoms with E-state index in [2.05, 4.69) is 29.8 Å². The maximum Gasteiger partial charge on any atom is 0.408 e. The lowest BCUT2D eigenvalue weighted by Gasteiger charge is -2.34. The monoisotopic (exact) mass is 738 g/mol. The number of nitrogens with one attached hydrogen (secondary N) is 3. The van der Waals surface area contributed by atoms with E-state index in [0.29, 0.717) is 31.7 Å². The molecule has 12 heteroatoms. The number of allylic oxidation sites excluding steroid dienone is 1. The van der Waals surface area contributed by atoms with Gasteiger partial charge in [-0.1, -0.05) is 89.8 Å². The minimum atomic E-state index is -1.09. The van der Waals surface area contributed by atoms with Crippen LogP contribution in [0.15, 0.2) is 42.5 Å². The Kier molecular flexibility index (Phi) is 18.5. The minimum absolute atomic E-state index is 0.000434. The van der Waals surface area contributed by atoms with Crippen molar-refractivity contribution in [3.63, 3.8) is 0 Å². The number of carbonyl (C=O) groups excluding carboxylic acids is 6. The Balaban J connectivity index is 1.72. The lowest BCUT2D eigenvalue weighted by atomic mass is 9.81. The van der Waals surface area contributed by atoms with Crippen LogP contribution in [-0.2, 0) is 40.1 Å². The first-order valence-electron chi connectivity index (χ1n) is 19.7. The van der Waals surface area contributed by atoms with Gasteiger partial charge in [0.05, 0.1) is 12.6 Å². The Morgan fingerprint density at radius 1 is 0.868 bits per heavy atom. The molecule has 0 unspecified atom stereocenters. The minimum Gasteiger partial charge on any atom is -0.463 e. The van der Waals surface area contributed by atoms with E-state index in [9.17, 15) is 28.8 Å². The van der Waals surface area contributed by atoms with Gasteiger partial charge in [0.2, 0.25) is 17.7 Å². The molecule has 4 atom stereocenters. The summed E-state index contributed by atoms with van der Waals surface area (Å²) in [7, 11) is 0. The number of hydrogen-bond donors (Lipinski definition) is 3. The van der Waals surface area contributed by atoms with Crippen LogP contribution in [0.5, 0.6) is 0 Å². The molecule has 0 radical (unpaired) electrons. The molecule has 0 spiro atoms. The summed E-state index contributed by atoms with van der Waals surface area (Å²) in [5, 5.41) is 8.56. The van der Waals surface area contributed by atoms with Crippen LogP contribution in [0.2, 0.25) is 0 Å². The van der Waals surface area contributed by atoms with Crippen LogP contribution >= 0.6 is 0 Å². The lowest BCUT2D eigenvalue weighted by molar-refractivity contribution is -0.143. The van der Waals surface area contributed by atoms with Crippen molar-refractivity contribution in [1.29, 1.82) is 0 Å². The van der Waals surface area contributed by atoms with E-state index < -0.39 is 48.0 Å². The van der Waals surface area contributed by atoms with Crippen molar-refractivity contribution >= 4 is 35.6 Å². The number of esters is 1. The fourth-order valence-corrected chi connectivity index (χ4v) is 7.08. The number of alkyl carbamates (subject to hydrolysis) is 1. The molecule has 1 heterocycles. The topological polar surface area (TPSA) is 160 Å². The molecular formula is C41H62N4O8. The van der Waals surface area contributed by atoms with Gasteiger partial charge in [-0.15, -0.1) is 0 Å². The summed E-state index contributed by atoms with van der Waals surface area (Å²) in [4.78, 5) is 81.5. The second-order valence-corrected chi connectivity index (χ2v) is 15.0. The summed E-state index contributed by atoms with van der Waals surface area (Å²) in [5.41, 5.74) is 0.774. The molecule has 3 N–H and O–H groups in total. The molecule has 3 rings (SSSR count). The highest BCUT2D eigenvalue weighted by atomic mass is 16.5. The Morgan fingerprint density at radius 3 is 2.25 bits per heavy atom. The largest absolute Gasteiger partial charge is 0.463 e. The molecule has 12 nitrogen and oxygen atoms in total. The first-order chi connectivity index (χ1) is 25.4. The predicted octanol–water partition coefficient (Wildman–Crippen LogP) is 5.77. The molecule has 1 aliphatic carbocycles. The summed E-state index contributed by atoms with van der Waals surface area (Å²) in [6.07, 6.45) is 10.6. The van der Waals surface area contributed by atoms with Gasteiger partial charge >= 0.3 is 12.1 Å². The van der Waals surface area contributed by atoms with E-state index in [-0.39, 0.29) is 49.6 Å². The van der Waals surface area contributed by atoms with Gasteiger partial charge in [0.15, 0.2) is 5.78 Å². The van der Waals surface area contributed by atoms with E-state index >= 15 is 0 Å². The second-order valence-electron chi connectivity index (χ2n) is 15.0. The van der Waals surface area contributed by atoms with Crippen LogP contribution in [0.1, 0.15) is 117 Å². The van der Waals surface area contributed by atoms with Gasteiger partial charge in [0.25, 0.3) is 0 Å². The fraction of sp³-hybridized carbons (Fsp3) is 0.659. The predicted molar refractivity (Wildman–Crippen MR) is 202 cm³/mol. The van der Waals surface area contributed by atoms with Crippen LogP contribution in [0, 0.1) is 17.8 Å². The molecule has 2 fully saturated rings. The second kappa shape index (κ2) is 22.8. The number of rotatable bonds is 20. The first-order valence-corrected chi connectivity index (χ1v) is 19.7. The van der Waals surface area contributed by atoms with Crippen LogP contribution in [-0.4, -0.2) is 77.8 Å². The number of nitrogens with zero attached hydrogens (tertiary/aromatic N) is 1. The Labute approximate surface area is 315 Å². The van der Waals surface area contributed by atoms with Crippen molar-refractivity contribution in [2.45, 2.75) is 142 Å². The van der Waals surface area contributed by atoms with E-state index in [4.69, 9.17) is 9.47 Å². The molecule has 1 saturated heterocycles. The standard InChI is InChI=1S/C41H62N4O8/c1-6-52-35(47)25-14-13-22-32(42-41(51)53-27-30-18-9-7-10-19-30)38(48)43-36(29(4)5)40(50)45-26-16-23-33(45)39(49)44-37(31-20-11-8-12-21-31)34(46)24-15-17-28(2)3/h7,9-10,14,18-19,25,28-29,31-33,36-37H,6,8,11-13,15-17,20-24,26-27H2,1-5H3,(H,42,51)(H,43,48)(H,44,49)/b25-14+/t32-,33-,36-,37-/m0/s1. The van der Waals surface area contributed by atoms with Crippen molar-refractivity contribution in [2.24, 2.45) is 17.8 Å². The molecule has 53 heavy (non-hydrogen) atoms. The Bertz CT molecular complexity index is 1370. The van der Waals surface area contributed by atoms with Crippen LogP contribution in [0.25, 0.3) is 0 Å². The van der Waals surface area contributed by atoms with E-state index in [1.54, 1.807) is 13.0 Å². The smallest absolute Gasteiger partial charge is 0.408 e. The van der Waals surface area contributed by atoms with Crippen molar-refractivity contribution in [2.75, 3.05) is 13.2 Å². The Morgan fingerprint density at radius 2 is 1.58 bits per heavy atom.